The second kappa shape index (κ2) is 5.85. The molecule has 1 fully saturated rings. The van der Waals surface area contributed by atoms with E-state index in [1.807, 2.05) is 23.1 Å². The molecule has 2 unspecified atom stereocenters. The van der Waals surface area contributed by atoms with Crippen LogP contribution in [0.25, 0.3) is 0 Å². The van der Waals surface area contributed by atoms with E-state index in [1.165, 1.54) is 12.8 Å². The number of piperazine rings is 1. The van der Waals surface area contributed by atoms with Gasteiger partial charge < -0.3 is 5.32 Å². The van der Waals surface area contributed by atoms with Crippen LogP contribution in [0.1, 0.15) is 33.6 Å². The van der Waals surface area contributed by atoms with E-state index in [2.05, 4.69) is 36.1 Å². The van der Waals surface area contributed by atoms with Crippen molar-refractivity contribution in [3.63, 3.8) is 0 Å². The van der Waals surface area contributed by atoms with Crippen LogP contribution < -0.4 is 5.32 Å². The minimum absolute atomic E-state index is 0.274. The molecule has 1 aromatic rings. The Hall–Kier alpha value is -0.870. The number of hydrogen-bond acceptors (Lipinski definition) is 3. The summed E-state index contributed by atoms with van der Waals surface area (Å²) in [5.41, 5.74) is 0.274. The van der Waals surface area contributed by atoms with Gasteiger partial charge in [-0.05, 0) is 25.8 Å². The lowest BCUT2D eigenvalue weighted by atomic mass is 9.93. The zero-order valence-corrected chi connectivity index (χ0v) is 11.9. The molecule has 1 N–H and O–H groups in total. The number of hydrogen-bond donors (Lipinski definition) is 1. The summed E-state index contributed by atoms with van der Waals surface area (Å²) in [5, 5.41) is 7.99. The Labute approximate surface area is 110 Å². The Balaban J connectivity index is 1.93. The van der Waals surface area contributed by atoms with Crippen molar-refractivity contribution in [3.05, 3.63) is 18.5 Å². The molecule has 1 aromatic heterocycles. The highest BCUT2D eigenvalue weighted by molar-refractivity contribution is 4.94. The van der Waals surface area contributed by atoms with Crippen molar-refractivity contribution in [2.75, 3.05) is 19.6 Å². The van der Waals surface area contributed by atoms with Crippen LogP contribution in [0.2, 0.25) is 0 Å². The van der Waals surface area contributed by atoms with Crippen molar-refractivity contribution in [3.8, 4) is 0 Å². The lowest BCUT2D eigenvalue weighted by molar-refractivity contribution is 0.0779. The smallest absolute Gasteiger partial charge is 0.0536 e. The fraction of sp³-hybridized carbons (Fsp3) is 0.786. The third-order valence-electron chi connectivity index (χ3n) is 4.26. The Morgan fingerprint density at radius 2 is 2.22 bits per heavy atom. The highest BCUT2D eigenvalue weighted by Crippen LogP contribution is 2.20. The summed E-state index contributed by atoms with van der Waals surface area (Å²) in [4.78, 5) is 2.63. The maximum atomic E-state index is 4.28. The van der Waals surface area contributed by atoms with Crippen LogP contribution in [-0.2, 0) is 6.54 Å². The number of aromatic nitrogens is 2. The molecule has 0 saturated carbocycles. The van der Waals surface area contributed by atoms with E-state index >= 15 is 0 Å². The third kappa shape index (κ3) is 3.12. The molecule has 18 heavy (non-hydrogen) atoms. The molecule has 2 rings (SSSR count). The molecule has 0 aromatic carbocycles. The monoisotopic (exact) mass is 250 g/mol. The lowest BCUT2D eigenvalue weighted by Crippen LogP contribution is -2.62. The zero-order valence-electron chi connectivity index (χ0n) is 11.9. The van der Waals surface area contributed by atoms with Gasteiger partial charge >= 0.3 is 0 Å². The van der Waals surface area contributed by atoms with E-state index in [0.29, 0.717) is 6.04 Å². The lowest BCUT2D eigenvalue weighted by Gasteiger charge is -2.46. The van der Waals surface area contributed by atoms with Crippen LogP contribution in [0, 0.1) is 0 Å². The summed E-state index contributed by atoms with van der Waals surface area (Å²) < 4.78 is 2.03. The van der Waals surface area contributed by atoms with Crippen molar-refractivity contribution in [2.24, 2.45) is 0 Å². The molecule has 0 radical (unpaired) electrons. The van der Waals surface area contributed by atoms with Gasteiger partial charge in [0.1, 0.15) is 0 Å². The van der Waals surface area contributed by atoms with Gasteiger partial charge in [-0.1, -0.05) is 13.8 Å². The van der Waals surface area contributed by atoms with E-state index in [9.17, 15) is 0 Å². The number of rotatable bonds is 5. The number of nitrogens with one attached hydrogen (secondary N) is 1. The number of nitrogens with zero attached hydrogens (tertiary/aromatic N) is 3. The van der Waals surface area contributed by atoms with Gasteiger partial charge in [-0.3, -0.25) is 9.58 Å². The highest BCUT2D eigenvalue weighted by atomic mass is 15.3. The van der Waals surface area contributed by atoms with Crippen LogP contribution in [0.4, 0.5) is 0 Å². The molecular weight excluding hydrogens is 224 g/mol. The quantitative estimate of drug-likeness (QED) is 0.864. The van der Waals surface area contributed by atoms with Crippen molar-refractivity contribution in [2.45, 2.75) is 51.7 Å². The molecule has 102 valence electrons. The molecule has 4 heteroatoms. The first-order valence-corrected chi connectivity index (χ1v) is 7.13. The van der Waals surface area contributed by atoms with Crippen molar-refractivity contribution >= 4 is 0 Å². The van der Waals surface area contributed by atoms with Gasteiger partial charge in [0.2, 0.25) is 0 Å². The summed E-state index contributed by atoms with van der Waals surface area (Å²) in [6.45, 7) is 11.2. The maximum Gasteiger partial charge on any atom is 0.0536 e. The molecule has 0 spiro atoms. The first-order valence-electron chi connectivity index (χ1n) is 7.13. The average Bonchev–Trinajstić information content (AvgIpc) is 2.90. The van der Waals surface area contributed by atoms with Crippen molar-refractivity contribution in [1.82, 2.24) is 20.0 Å². The molecule has 2 heterocycles. The molecule has 0 aliphatic carbocycles. The van der Waals surface area contributed by atoms with E-state index in [1.54, 1.807) is 0 Å². The Bertz CT molecular complexity index is 349. The Morgan fingerprint density at radius 3 is 2.83 bits per heavy atom. The van der Waals surface area contributed by atoms with Gasteiger partial charge in [-0.15, -0.1) is 0 Å². The molecule has 4 nitrogen and oxygen atoms in total. The van der Waals surface area contributed by atoms with Gasteiger partial charge in [0, 0.05) is 43.6 Å². The second-order valence-electron chi connectivity index (χ2n) is 5.60. The van der Waals surface area contributed by atoms with E-state index in [-0.39, 0.29) is 5.54 Å². The molecule has 0 amide bonds. The van der Waals surface area contributed by atoms with Crippen LogP contribution in [-0.4, -0.2) is 45.9 Å². The maximum absolute atomic E-state index is 4.28. The molecule has 2 atom stereocenters. The third-order valence-corrected chi connectivity index (χ3v) is 4.26. The van der Waals surface area contributed by atoms with Gasteiger partial charge in [-0.25, -0.2) is 0 Å². The van der Waals surface area contributed by atoms with Crippen molar-refractivity contribution in [1.29, 1.82) is 0 Å². The summed E-state index contributed by atoms with van der Waals surface area (Å²) in [6, 6.07) is 2.66. The van der Waals surface area contributed by atoms with Crippen LogP contribution in [0.15, 0.2) is 18.5 Å². The van der Waals surface area contributed by atoms with E-state index in [4.69, 9.17) is 0 Å². The van der Waals surface area contributed by atoms with Gasteiger partial charge in [0.15, 0.2) is 0 Å². The van der Waals surface area contributed by atoms with Gasteiger partial charge in [0.25, 0.3) is 0 Å². The molecule has 0 bridgehead atoms. The normalized spacial score (nSPS) is 29.6. The van der Waals surface area contributed by atoms with Gasteiger partial charge in [0.05, 0.1) is 6.54 Å². The Morgan fingerprint density at radius 1 is 1.39 bits per heavy atom. The van der Waals surface area contributed by atoms with E-state index < -0.39 is 0 Å². The molecular formula is C14H26N4. The topological polar surface area (TPSA) is 33.1 Å². The van der Waals surface area contributed by atoms with Crippen LogP contribution >= 0.6 is 0 Å². The minimum atomic E-state index is 0.274. The van der Waals surface area contributed by atoms with Gasteiger partial charge in [-0.2, -0.15) is 5.10 Å². The van der Waals surface area contributed by atoms with Crippen LogP contribution in [0.3, 0.4) is 0 Å². The summed E-state index contributed by atoms with van der Waals surface area (Å²) in [5.74, 6) is 0. The van der Waals surface area contributed by atoms with Crippen molar-refractivity contribution < 1.29 is 0 Å². The fourth-order valence-corrected chi connectivity index (χ4v) is 2.69. The molecule has 1 saturated heterocycles. The summed E-state index contributed by atoms with van der Waals surface area (Å²) in [7, 11) is 0. The minimum Gasteiger partial charge on any atom is -0.309 e. The summed E-state index contributed by atoms with van der Waals surface area (Å²) >= 11 is 0. The SMILES string of the molecule is CCC1CNC(C)(CC)CN1CCn1cccn1. The largest absolute Gasteiger partial charge is 0.309 e. The predicted octanol–water partition coefficient (Wildman–Crippen LogP) is 1.74. The molecule has 1 aliphatic rings. The average molecular weight is 250 g/mol. The molecule has 1 aliphatic heterocycles. The summed E-state index contributed by atoms with van der Waals surface area (Å²) in [6.07, 6.45) is 6.29. The second-order valence-corrected chi connectivity index (χ2v) is 5.60. The fourth-order valence-electron chi connectivity index (χ4n) is 2.69. The first kappa shape index (κ1) is 13.6. The van der Waals surface area contributed by atoms with E-state index in [0.717, 1.165) is 26.2 Å². The highest BCUT2D eigenvalue weighted by Gasteiger charge is 2.33. The van der Waals surface area contributed by atoms with Crippen LogP contribution in [0.5, 0.6) is 0 Å². The predicted molar refractivity (Wildman–Crippen MR) is 74.6 cm³/mol. The zero-order chi connectivity index (χ0) is 13.0. The Kier molecular flexibility index (Phi) is 4.40. The first-order chi connectivity index (χ1) is 8.67. The standard InChI is InChI=1S/C14H26N4/c1-4-13-11-15-14(3,5-2)12-17(13)9-10-18-8-6-7-16-18/h6-8,13,15H,4-5,9-12H2,1-3H3.